The molecule has 0 radical (unpaired) electrons. The fourth-order valence-corrected chi connectivity index (χ4v) is 2.10. The summed E-state index contributed by atoms with van der Waals surface area (Å²) in [7, 11) is 0. The Hall–Kier alpha value is -1.73. The third kappa shape index (κ3) is 3.88. The molecule has 1 aromatic carbocycles. The van der Waals surface area contributed by atoms with Crippen LogP contribution in [-0.2, 0) is 0 Å². The summed E-state index contributed by atoms with van der Waals surface area (Å²) in [5.41, 5.74) is 3.25. The number of phenols is 1. The van der Waals surface area contributed by atoms with Crippen LogP contribution >= 0.6 is 31.9 Å². The maximum Gasteiger partial charge on any atom is 0.272 e. The number of nitrogens with zero attached hydrogens (tertiary/aromatic N) is 2. The first kappa shape index (κ1) is 14.7. The molecule has 2 N–H and O–H groups in total. The Bertz CT molecular complexity index is 674. The van der Waals surface area contributed by atoms with E-state index in [-0.39, 0.29) is 11.7 Å². The van der Waals surface area contributed by atoms with Gasteiger partial charge in [0.15, 0.2) is 0 Å². The number of benzene rings is 1. The summed E-state index contributed by atoms with van der Waals surface area (Å²) in [5, 5.41) is 13.5. The summed E-state index contributed by atoms with van der Waals surface area (Å²) < 4.78 is 1.47. The lowest BCUT2D eigenvalue weighted by molar-refractivity contribution is 0.0954. The van der Waals surface area contributed by atoms with Crippen LogP contribution in [0.5, 0.6) is 5.75 Å². The van der Waals surface area contributed by atoms with Gasteiger partial charge < -0.3 is 5.11 Å². The Labute approximate surface area is 132 Å². The number of aromatic hydroxyl groups is 1. The van der Waals surface area contributed by atoms with E-state index in [9.17, 15) is 9.90 Å². The lowest BCUT2D eigenvalue weighted by atomic mass is 10.2. The van der Waals surface area contributed by atoms with E-state index in [4.69, 9.17) is 0 Å². The van der Waals surface area contributed by atoms with Crippen molar-refractivity contribution in [1.82, 2.24) is 10.4 Å². The summed E-state index contributed by atoms with van der Waals surface area (Å²) in [6.07, 6.45) is 4.39. The quantitative estimate of drug-likeness (QED) is 0.616. The topological polar surface area (TPSA) is 74.6 Å². The number of amides is 1. The van der Waals surface area contributed by atoms with E-state index in [0.717, 1.165) is 4.47 Å². The zero-order chi connectivity index (χ0) is 14.5. The van der Waals surface area contributed by atoms with E-state index in [2.05, 4.69) is 47.4 Å². The molecule has 0 saturated carbocycles. The van der Waals surface area contributed by atoms with Gasteiger partial charge in [-0.2, -0.15) is 5.10 Å². The highest BCUT2D eigenvalue weighted by Crippen LogP contribution is 2.20. The van der Waals surface area contributed by atoms with Gasteiger partial charge in [0.25, 0.3) is 5.91 Å². The van der Waals surface area contributed by atoms with E-state index in [0.29, 0.717) is 15.6 Å². The molecule has 0 aliphatic rings. The van der Waals surface area contributed by atoms with E-state index < -0.39 is 0 Å². The molecule has 2 rings (SSSR count). The maximum absolute atomic E-state index is 11.8. The molecule has 1 aromatic heterocycles. The Morgan fingerprint density at radius 3 is 2.75 bits per heavy atom. The van der Waals surface area contributed by atoms with Crippen LogP contribution in [0.25, 0.3) is 0 Å². The van der Waals surface area contributed by atoms with Crippen LogP contribution in [0.1, 0.15) is 15.9 Å². The first-order valence-corrected chi connectivity index (χ1v) is 7.07. The summed E-state index contributed by atoms with van der Waals surface area (Å²) in [4.78, 5) is 15.7. The number of pyridine rings is 1. The lowest BCUT2D eigenvalue weighted by Gasteiger charge is -2.01. The van der Waals surface area contributed by atoms with Gasteiger partial charge in [0.1, 0.15) is 5.75 Å². The van der Waals surface area contributed by atoms with Crippen molar-refractivity contribution in [3.63, 3.8) is 0 Å². The average Bonchev–Trinajstić information content (AvgIpc) is 2.41. The highest BCUT2D eigenvalue weighted by Gasteiger charge is 2.05. The third-order valence-electron chi connectivity index (χ3n) is 2.33. The van der Waals surface area contributed by atoms with Gasteiger partial charge in [0, 0.05) is 26.9 Å². The van der Waals surface area contributed by atoms with Crippen molar-refractivity contribution in [3.8, 4) is 5.75 Å². The monoisotopic (exact) mass is 397 g/mol. The molecule has 0 aliphatic heterocycles. The number of carbonyl (C=O) groups excluding carboxylic acids is 1. The SMILES string of the molecule is O=C(N/N=C/c1ccc(Br)cc1O)c1cncc(Br)c1. The molecule has 2 aromatic rings. The number of rotatable bonds is 3. The van der Waals surface area contributed by atoms with Gasteiger partial charge in [0.05, 0.1) is 11.8 Å². The predicted octanol–water partition coefficient (Wildman–Crippen LogP) is 3.08. The third-order valence-corrected chi connectivity index (χ3v) is 3.26. The van der Waals surface area contributed by atoms with E-state index in [1.54, 1.807) is 30.5 Å². The minimum absolute atomic E-state index is 0.0708. The number of aromatic nitrogens is 1. The number of hydrogen-bond acceptors (Lipinski definition) is 4. The smallest absolute Gasteiger partial charge is 0.272 e. The molecule has 0 bridgehead atoms. The van der Waals surface area contributed by atoms with Crippen molar-refractivity contribution in [3.05, 3.63) is 56.7 Å². The summed E-state index contributed by atoms with van der Waals surface area (Å²) in [5.74, 6) is -0.312. The van der Waals surface area contributed by atoms with Gasteiger partial charge in [-0.05, 0) is 40.2 Å². The Kier molecular flexibility index (Phi) is 4.86. The fraction of sp³-hybridized carbons (Fsp3) is 0. The van der Waals surface area contributed by atoms with Gasteiger partial charge >= 0.3 is 0 Å². The Morgan fingerprint density at radius 1 is 1.25 bits per heavy atom. The van der Waals surface area contributed by atoms with E-state index >= 15 is 0 Å². The molecular weight excluding hydrogens is 390 g/mol. The number of phenolic OH excluding ortho intramolecular Hbond substituents is 1. The molecule has 5 nitrogen and oxygen atoms in total. The van der Waals surface area contributed by atoms with Gasteiger partial charge in [-0.1, -0.05) is 15.9 Å². The number of halogens is 2. The second kappa shape index (κ2) is 6.62. The second-order valence-corrected chi connectivity index (χ2v) is 5.63. The van der Waals surface area contributed by atoms with Crippen LogP contribution in [0.15, 0.2) is 50.7 Å². The molecule has 102 valence electrons. The molecule has 0 atom stereocenters. The molecule has 0 fully saturated rings. The van der Waals surface area contributed by atoms with Crippen molar-refractivity contribution < 1.29 is 9.90 Å². The Morgan fingerprint density at radius 2 is 2.05 bits per heavy atom. The van der Waals surface area contributed by atoms with Crippen LogP contribution in [0.4, 0.5) is 0 Å². The standard InChI is InChI=1S/C13H9Br2N3O2/c14-10-2-1-8(12(19)4-10)6-17-18-13(20)9-3-11(15)7-16-5-9/h1-7,19H,(H,18,20)/b17-6+. The zero-order valence-electron chi connectivity index (χ0n) is 10.0. The van der Waals surface area contributed by atoms with Crippen LogP contribution in [0.3, 0.4) is 0 Å². The molecule has 20 heavy (non-hydrogen) atoms. The van der Waals surface area contributed by atoms with Gasteiger partial charge in [0.2, 0.25) is 0 Å². The van der Waals surface area contributed by atoms with E-state index in [1.807, 2.05) is 0 Å². The highest BCUT2D eigenvalue weighted by molar-refractivity contribution is 9.10. The van der Waals surface area contributed by atoms with Crippen molar-refractivity contribution in [1.29, 1.82) is 0 Å². The molecule has 0 saturated heterocycles. The molecule has 0 unspecified atom stereocenters. The lowest BCUT2D eigenvalue weighted by Crippen LogP contribution is -2.17. The van der Waals surface area contributed by atoms with Gasteiger partial charge in [-0.25, -0.2) is 5.43 Å². The van der Waals surface area contributed by atoms with Crippen molar-refractivity contribution >= 4 is 44.0 Å². The minimum atomic E-state index is -0.383. The summed E-state index contributed by atoms with van der Waals surface area (Å²) in [6, 6.07) is 6.62. The minimum Gasteiger partial charge on any atom is -0.507 e. The summed E-state index contributed by atoms with van der Waals surface area (Å²) in [6.45, 7) is 0. The fourth-order valence-electron chi connectivity index (χ4n) is 1.39. The molecular formula is C13H9Br2N3O2. The Balaban J connectivity index is 2.04. The number of nitrogens with one attached hydrogen (secondary N) is 1. The van der Waals surface area contributed by atoms with Gasteiger partial charge in [-0.3, -0.25) is 9.78 Å². The first-order valence-electron chi connectivity index (χ1n) is 5.49. The van der Waals surface area contributed by atoms with Crippen molar-refractivity contribution in [2.24, 2.45) is 5.10 Å². The number of carbonyl (C=O) groups is 1. The van der Waals surface area contributed by atoms with Gasteiger partial charge in [-0.15, -0.1) is 0 Å². The van der Waals surface area contributed by atoms with E-state index in [1.165, 1.54) is 12.4 Å². The highest BCUT2D eigenvalue weighted by atomic mass is 79.9. The first-order chi connectivity index (χ1) is 9.56. The second-order valence-electron chi connectivity index (χ2n) is 3.79. The molecule has 0 spiro atoms. The van der Waals surface area contributed by atoms with Crippen LogP contribution in [0, 0.1) is 0 Å². The molecule has 7 heteroatoms. The summed E-state index contributed by atoms with van der Waals surface area (Å²) >= 11 is 6.47. The number of hydrazone groups is 1. The van der Waals surface area contributed by atoms with Crippen LogP contribution < -0.4 is 5.43 Å². The maximum atomic E-state index is 11.8. The number of hydrogen-bond donors (Lipinski definition) is 2. The van der Waals surface area contributed by atoms with Crippen LogP contribution in [-0.4, -0.2) is 22.2 Å². The molecule has 1 heterocycles. The largest absolute Gasteiger partial charge is 0.507 e. The van der Waals surface area contributed by atoms with Crippen molar-refractivity contribution in [2.45, 2.75) is 0 Å². The molecule has 1 amide bonds. The zero-order valence-corrected chi connectivity index (χ0v) is 13.2. The van der Waals surface area contributed by atoms with Crippen LogP contribution in [0.2, 0.25) is 0 Å². The predicted molar refractivity (Wildman–Crippen MR) is 82.8 cm³/mol. The average molecular weight is 399 g/mol. The van der Waals surface area contributed by atoms with Crippen molar-refractivity contribution in [2.75, 3.05) is 0 Å². The normalized spacial score (nSPS) is 10.7. The molecule has 0 aliphatic carbocycles.